The largest absolute Gasteiger partial charge is 0.484 e. The predicted octanol–water partition coefficient (Wildman–Crippen LogP) is 2.00. The van der Waals surface area contributed by atoms with Gasteiger partial charge in [0.05, 0.1) is 4.92 Å². The highest BCUT2D eigenvalue weighted by atomic mass is 16.6. The number of hydrogen-bond acceptors (Lipinski definition) is 5. The molecule has 0 bridgehead atoms. The van der Waals surface area contributed by atoms with Crippen LogP contribution in [0.3, 0.4) is 0 Å². The van der Waals surface area contributed by atoms with Gasteiger partial charge < -0.3 is 15.4 Å². The Morgan fingerprint density at radius 1 is 1.08 bits per heavy atom. The lowest BCUT2D eigenvalue weighted by atomic mass is 10.1. The molecule has 2 N–H and O–H groups in total. The second kappa shape index (κ2) is 9.39. The van der Waals surface area contributed by atoms with Crippen LogP contribution in [0.25, 0.3) is 0 Å². The van der Waals surface area contributed by atoms with E-state index in [-0.39, 0.29) is 18.2 Å². The maximum Gasteiger partial charge on any atom is 0.269 e. The number of rotatable bonds is 9. The Bertz CT molecular complexity index is 689. The van der Waals surface area contributed by atoms with Crippen molar-refractivity contribution in [1.82, 2.24) is 4.90 Å². The third-order valence-electron chi connectivity index (χ3n) is 3.67. The molecular weight excluding hydrogens is 322 g/mol. The fourth-order valence-corrected chi connectivity index (χ4v) is 2.33. The first kappa shape index (κ1) is 18.4. The van der Waals surface area contributed by atoms with Crippen molar-refractivity contribution in [3.05, 3.63) is 70.3 Å². The summed E-state index contributed by atoms with van der Waals surface area (Å²) in [6.45, 7) is 1.25. The molecule has 7 nitrogen and oxygen atoms in total. The van der Waals surface area contributed by atoms with E-state index >= 15 is 0 Å². The Kier molecular flexibility index (Phi) is 6.91. The normalized spacial score (nSPS) is 10.3. The summed E-state index contributed by atoms with van der Waals surface area (Å²) >= 11 is 0. The van der Waals surface area contributed by atoms with E-state index < -0.39 is 4.92 Å². The van der Waals surface area contributed by atoms with Gasteiger partial charge in [-0.25, -0.2) is 0 Å². The van der Waals surface area contributed by atoms with Crippen LogP contribution in [0, 0.1) is 10.1 Å². The molecule has 0 atom stereocenters. The van der Waals surface area contributed by atoms with Crippen LogP contribution in [0.1, 0.15) is 5.56 Å². The van der Waals surface area contributed by atoms with Gasteiger partial charge in [0.15, 0.2) is 6.61 Å². The minimum atomic E-state index is -0.485. The summed E-state index contributed by atoms with van der Waals surface area (Å²) in [6.07, 6.45) is 0.740. The summed E-state index contributed by atoms with van der Waals surface area (Å²) in [5, 5.41) is 10.6. The molecule has 0 unspecified atom stereocenters. The molecule has 0 aromatic heterocycles. The summed E-state index contributed by atoms with van der Waals surface area (Å²) in [5.74, 6) is 0.245. The second-order valence-electron chi connectivity index (χ2n) is 5.44. The van der Waals surface area contributed by atoms with E-state index in [1.807, 2.05) is 30.3 Å². The fourth-order valence-electron chi connectivity index (χ4n) is 2.33. The third kappa shape index (κ3) is 5.89. The zero-order valence-electron chi connectivity index (χ0n) is 13.8. The van der Waals surface area contributed by atoms with E-state index in [9.17, 15) is 14.9 Å². The van der Waals surface area contributed by atoms with E-state index in [0.29, 0.717) is 25.4 Å². The lowest BCUT2D eigenvalue weighted by molar-refractivity contribution is -0.384. The molecule has 0 heterocycles. The van der Waals surface area contributed by atoms with Gasteiger partial charge in [-0.3, -0.25) is 14.9 Å². The smallest absolute Gasteiger partial charge is 0.269 e. The van der Waals surface area contributed by atoms with Crippen LogP contribution in [-0.2, 0) is 11.2 Å². The molecule has 0 fully saturated rings. The van der Waals surface area contributed by atoms with Crippen molar-refractivity contribution in [3.8, 4) is 5.75 Å². The van der Waals surface area contributed by atoms with Crippen molar-refractivity contribution in [3.63, 3.8) is 0 Å². The van der Waals surface area contributed by atoms with Crippen molar-refractivity contribution < 1.29 is 14.5 Å². The summed E-state index contributed by atoms with van der Waals surface area (Å²) in [6, 6.07) is 15.5. The van der Waals surface area contributed by atoms with Crippen LogP contribution in [0.15, 0.2) is 54.6 Å². The Morgan fingerprint density at radius 2 is 1.76 bits per heavy atom. The number of hydrogen-bond donors (Lipinski definition) is 1. The van der Waals surface area contributed by atoms with Crippen LogP contribution < -0.4 is 10.5 Å². The monoisotopic (exact) mass is 343 g/mol. The minimum absolute atomic E-state index is 0.0219. The zero-order valence-corrected chi connectivity index (χ0v) is 13.8. The van der Waals surface area contributed by atoms with Gasteiger partial charge in [-0.2, -0.15) is 0 Å². The standard InChI is InChI=1S/C18H21N3O4/c19-11-13-20(12-10-15-4-2-1-3-5-15)18(22)14-25-17-8-6-16(7-9-17)21(23)24/h1-9H,10-14,19H2. The highest BCUT2D eigenvalue weighted by Crippen LogP contribution is 2.17. The lowest BCUT2D eigenvalue weighted by Gasteiger charge is -2.22. The van der Waals surface area contributed by atoms with Crippen molar-refractivity contribution >= 4 is 11.6 Å². The number of benzene rings is 2. The van der Waals surface area contributed by atoms with Gasteiger partial charge in [0.2, 0.25) is 0 Å². The predicted molar refractivity (Wildman–Crippen MR) is 94.4 cm³/mol. The van der Waals surface area contributed by atoms with Crippen LogP contribution in [0.5, 0.6) is 5.75 Å². The molecule has 0 saturated heterocycles. The number of nitrogens with zero attached hydrogens (tertiary/aromatic N) is 2. The van der Waals surface area contributed by atoms with Crippen LogP contribution in [0.4, 0.5) is 5.69 Å². The van der Waals surface area contributed by atoms with Crippen LogP contribution in [-0.4, -0.2) is 42.0 Å². The number of carbonyl (C=O) groups excluding carboxylic acids is 1. The number of non-ortho nitro benzene ring substituents is 1. The molecule has 0 aliphatic rings. The average molecular weight is 343 g/mol. The molecule has 2 aromatic rings. The second-order valence-corrected chi connectivity index (χ2v) is 5.44. The van der Waals surface area contributed by atoms with Crippen molar-refractivity contribution in [2.24, 2.45) is 5.73 Å². The highest BCUT2D eigenvalue weighted by molar-refractivity contribution is 5.77. The van der Waals surface area contributed by atoms with Gasteiger partial charge in [-0.05, 0) is 24.1 Å². The van der Waals surface area contributed by atoms with E-state index in [1.165, 1.54) is 24.3 Å². The Labute approximate surface area is 146 Å². The van der Waals surface area contributed by atoms with E-state index in [4.69, 9.17) is 10.5 Å². The number of amides is 1. The molecular formula is C18H21N3O4. The summed E-state index contributed by atoms with van der Waals surface area (Å²) in [4.78, 5) is 24.1. The molecule has 2 rings (SSSR count). The first-order valence-corrected chi connectivity index (χ1v) is 7.99. The van der Waals surface area contributed by atoms with Crippen molar-refractivity contribution in [1.29, 1.82) is 0 Å². The number of carbonyl (C=O) groups is 1. The minimum Gasteiger partial charge on any atom is -0.484 e. The van der Waals surface area contributed by atoms with Crippen LogP contribution >= 0.6 is 0 Å². The molecule has 0 saturated carbocycles. The summed E-state index contributed by atoms with van der Waals surface area (Å²) in [7, 11) is 0. The molecule has 7 heteroatoms. The molecule has 2 aromatic carbocycles. The zero-order chi connectivity index (χ0) is 18.1. The summed E-state index contributed by atoms with van der Waals surface area (Å²) < 4.78 is 5.43. The quantitative estimate of drug-likeness (QED) is 0.554. The van der Waals surface area contributed by atoms with Crippen molar-refractivity contribution in [2.45, 2.75) is 6.42 Å². The average Bonchev–Trinajstić information content (AvgIpc) is 2.64. The summed E-state index contributed by atoms with van der Waals surface area (Å²) in [5.41, 5.74) is 6.71. The number of nitro benzene ring substituents is 1. The molecule has 25 heavy (non-hydrogen) atoms. The van der Waals surface area contributed by atoms with Gasteiger partial charge in [0.25, 0.3) is 11.6 Å². The molecule has 0 aliphatic carbocycles. The highest BCUT2D eigenvalue weighted by Gasteiger charge is 2.14. The Hall–Kier alpha value is -2.93. The van der Waals surface area contributed by atoms with Gasteiger partial charge in [0.1, 0.15) is 5.75 Å². The molecule has 1 amide bonds. The van der Waals surface area contributed by atoms with Gasteiger partial charge in [-0.15, -0.1) is 0 Å². The van der Waals surface area contributed by atoms with Crippen molar-refractivity contribution in [2.75, 3.05) is 26.2 Å². The van der Waals surface area contributed by atoms with E-state index in [2.05, 4.69) is 0 Å². The van der Waals surface area contributed by atoms with E-state index in [0.717, 1.165) is 12.0 Å². The molecule has 132 valence electrons. The molecule has 0 radical (unpaired) electrons. The first-order chi connectivity index (χ1) is 12.1. The van der Waals surface area contributed by atoms with Crippen LogP contribution in [0.2, 0.25) is 0 Å². The van der Waals surface area contributed by atoms with Gasteiger partial charge in [-0.1, -0.05) is 30.3 Å². The maximum absolute atomic E-state index is 12.3. The van der Waals surface area contributed by atoms with Gasteiger partial charge >= 0.3 is 0 Å². The maximum atomic E-state index is 12.3. The Morgan fingerprint density at radius 3 is 2.36 bits per heavy atom. The molecule has 0 spiro atoms. The Balaban J connectivity index is 1.87. The number of nitro groups is 1. The third-order valence-corrected chi connectivity index (χ3v) is 3.67. The molecule has 0 aliphatic heterocycles. The number of nitrogens with two attached hydrogens (primary N) is 1. The SMILES string of the molecule is NCCN(CCc1ccccc1)C(=O)COc1ccc([N+](=O)[O-])cc1. The number of ether oxygens (including phenoxy) is 1. The van der Waals surface area contributed by atoms with E-state index in [1.54, 1.807) is 4.90 Å². The topological polar surface area (TPSA) is 98.7 Å². The first-order valence-electron chi connectivity index (χ1n) is 7.99. The lowest BCUT2D eigenvalue weighted by Crippen LogP contribution is -2.39. The fraction of sp³-hybridized carbons (Fsp3) is 0.278. The van der Waals surface area contributed by atoms with Gasteiger partial charge in [0, 0.05) is 31.8 Å².